The Morgan fingerprint density at radius 3 is 2.88 bits per heavy atom. The summed E-state index contributed by atoms with van der Waals surface area (Å²) in [5.74, 6) is 0.119. The maximum atomic E-state index is 11.9. The summed E-state index contributed by atoms with van der Waals surface area (Å²) in [6.45, 7) is 2.54. The summed E-state index contributed by atoms with van der Waals surface area (Å²) in [4.78, 5) is 11.9. The molecule has 2 rings (SSSR count). The molecule has 0 spiro atoms. The Morgan fingerprint density at radius 2 is 2.25 bits per heavy atom. The van der Waals surface area contributed by atoms with Crippen LogP contribution in [-0.4, -0.2) is 50.8 Å². The average Bonchev–Trinajstić information content (AvgIpc) is 2.78. The standard InChI is InChI=1S/C11H21N3O2/c1-16-9-3-2-8(6-9)14-11(15)10-7-12-4-5-13-10/h8-10,12-13H,2-7H2,1H3,(H,14,15). The van der Waals surface area contributed by atoms with E-state index in [9.17, 15) is 4.79 Å². The van der Waals surface area contributed by atoms with Gasteiger partial charge in [0.05, 0.1) is 12.1 Å². The minimum atomic E-state index is -0.0738. The minimum absolute atomic E-state index is 0.0738. The topological polar surface area (TPSA) is 62.4 Å². The molecule has 0 aromatic rings. The van der Waals surface area contributed by atoms with Crippen LogP contribution in [0.4, 0.5) is 0 Å². The lowest BCUT2D eigenvalue weighted by Gasteiger charge is -2.25. The highest BCUT2D eigenvalue weighted by Gasteiger charge is 2.28. The highest BCUT2D eigenvalue weighted by atomic mass is 16.5. The first kappa shape index (κ1) is 11.8. The number of amides is 1. The molecule has 1 amide bonds. The van der Waals surface area contributed by atoms with Crippen LogP contribution >= 0.6 is 0 Å². The van der Waals surface area contributed by atoms with E-state index in [1.165, 1.54) is 0 Å². The number of methoxy groups -OCH3 is 1. The maximum absolute atomic E-state index is 11.9. The van der Waals surface area contributed by atoms with Crippen LogP contribution in [-0.2, 0) is 9.53 Å². The summed E-state index contributed by atoms with van der Waals surface area (Å²) in [5.41, 5.74) is 0. The number of hydrogen-bond acceptors (Lipinski definition) is 4. The first-order valence-electron chi connectivity index (χ1n) is 6.07. The third-order valence-corrected chi connectivity index (χ3v) is 3.42. The highest BCUT2D eigenvalue weighted by Crippen LogP contribution is 2.21. The molecular weight excluding hydrogens is 206 g/mol. The van der Waals surface area contributed by atoms with E-state index in [1.807, 2.05) is 0 Å². The third-order valence-electron chi connectivity index (χ3n) is 3.42. The molecule has 0 aromatic carbocycles. The van der Waals surface area contributed by atoms with Gasteiger partial charge in [0.2, 0.25) is 5.91 Å². The van der Waals surface area contributed by atoms with E-state index in [-0.39, 0.29) is 11.9 Å². The number of piperazine rings is 1. The summed E-state index contributed by atoms with van der Waals surface area (Å²) in [6.07, 6.45) is 3.35. The van der Waals surface area contributed by atoms with Crippen LogP contribution in [0.1, 0.15) is 19.3 Å². The Morgan fingerprint density at radius 1 is 1.38 bits per heavy atom. The molecule has 1 heterocycles. The highest BCUT2D eigenvalue weighted by molar-refractivity contribution is 5.82. The Labute approximate surface area is 96.3 Å². The normalized spacial score (nSPS) is 34.9. The molecule has 1 saturated carbocycles. The van der Waals surface area contributed by atoms with E-state index < -0.39 is 0 Å². The van der Waals surface area contributed by atoms with Crippen molar-refractivity contribution < 1.29 is 9.53 Å². The van der Waals surface area contributed by atoms with E-state index in [2.05, 4.69) is 16.0 Å². The van der Waals surface area contributed by atoms with E-state index >= 15 is 0 Å². The smallest absolute Gasteiger partial charge is 0.238 e. The summed E-state index contributed by atoms with van der Waals surface area (Å²) in [5, 5.41) is 9.52. The van der Waals surface area contributed by atoms with Crippen LogP contribution in [0.3, 0.4) is 0 Å². The van der Waals surface area contributed by atoms with Crippen LogP contribution < -0.4 is 16.0 Å². The van der Waals surface area contributed by atoms with Crippen LogP contribution in [0.5, 0.6) is 0 Å². The predicted octanol–water partition coefficient (Wildman–Crippen LogP) is -0.768. The molecular formula is C11H21N3O2. The quantitative estimate of drug-likeness (QED) is 0.592. The second-order valence-corrected chi connectivity index (χ2v) is 4.59. The zero-order valence-corrected chi connectivity index (χ0v) is 9.79. The molecule has 2 aliphatic rings. The Hall–Kier alpha value is -0.650. The summed E-state index contributed by atoms with van der Waals surface area (Å²) in [7, 11) is 1.74. The second kappa shape index (κ2) is 5.61. The van der Waals surface area contributed by atoms with Gasteiger partial charge in [-0.15, -0.1) is 0 Å². The largest absolute Gasteiger partial charge is 0.381 e. The van der Waals surface area contributed by atoms with Crippen LogP contribution in [0.2, 0.25) is 0 Å². The van der Waals surface area contributed by atoms with Crippen molar-refractivity contribution in [3.63, 3.8) is 0 Å². The Kier molecular flexibility index (Phi) is 4.15. The van der Waals surface area contributed by atoms with E-state index in [1.54, 1.807) is 7.11 Å². The molecule has 5 nitrogen and oxygen atoms in total. The van der Waals surface area contributed by atoms with Crippen molar-refractivity contribution in [3.8, 4) is 0 Å². The van der Waals surface area contributed by atoms with Gasteiger partial charge in [-0.3, -0.25) is 4.79 Å². The lowest BCUT2D eigenvalue weighted by atomic mass is 10.2. The van der Waals surface area contributed by atoms with Gasteiger partial charge in [-0.25, -0.2) is 0 Å². The van der Waals surface area contributed by atoms with Gasteiger partial charge in [-0.1, -0.05) is 0 Å². The maximum Gasteiger partial charge on any atom is 0.238 e. The van der Waals surface area contributed by atoms with Crippen molar-refractivity contribution in [1.29, 1.82) is 0 Å². The van der Waals surface area contributed by atoms with Gasteiger partial charge in [0.1, 0.15) is 0 Å². The zero-order valence-electron chi connectivity index (χ0n) is 9.79. The number of rotatable bonds is 3. The van der Waals surface area contributed by atoms with Crippen molar-refractivity contribution in [2.24, 2.45) is 0 Å². The van der Waals surface area contributed by atoms with Crippen LogP contribution in [0, 0.1) is 0 Å². The monoisotopic (exact) mass is 227 g/mol. The Bertz CT molecular complexity index is 241. The molecule has 3 unspecified atom stereocenters. The number of carbonyl (C=O) groups is 1. The van der Waals surface area contributed by atoms with Gasteiger partial charge < -0.3 is 20.7 Å². The van der Waals surface area contributed by atoms with Crippen LogP contribution in [0.25, 0.3) is 0 Å². The molecule has 2 fully saturated rings. The SMILES string of the molecule is COC1CCC(NC(=O)C2CNCCN2)C1. The van der Waals surface area contributed by atoms with Gasteiger partial charge in [0.15, 0.2) is 0 Å². The van der Waals surface area contributed by atoms with Crippen molar-refractivity contribution >= 4 is 5.91 Å². The minimum Gasteiger partial charge on any atom is -0.381 e. The Balaban J connectivity index is 1.74. The number of carbonyl (C=O) groups excluding carboxylic acids is 1. The zero-order chi connectivity index (χ0) is 11.4. The first-order chi connectivity index (χ1) is 7.79. The van der Waals surface area contributed by atoms with Gasteiger partial charge in [0.25, 0.3) is 0 Å². The van der Waals surface area contributed by atoms with Crippen molar-refractivity contribution in [2.75, 3.05) is 26.7 Å². The fraction of sp³-hybridized carbons (Fsp3) is 0.909. The van der Waals surface area contributed by atoms with Crippen LogP contribution in [0.15, 0.2) is 0 Å². The fourth-order valence-corrected chi connectivity index (χ4v) is 2.43. The average molecular weight is 227 g/mol. The first-order valence-corrected chi connectivity index (χ1v) is 6.07. The van der Waals surface area contributed by atoms with Gasteiger partial charge in [-0.2, -0.15) is 0 Å². The van der Waals surface area contributed by atoms with E-state index in [0.717, 1.165) is 38.9 Å². The molecule has 0 aromatic heterocycles. The number of ether oxygens (including phenoxy) is 1. The van der Waals surface area contributed by atoms with E-state index in [0.29, 0.717) is 12.1 Å². The van der Waals surface area contributed by atoms with Gasteiger partial charge in [0, 0.05) is 32.8 Å². The van der Waals surface area contributed by atoms with Crippen molar-refractivity contribution in [2.45, 2.75) is 37.5 Å². The molecule has 92 valence electrons. The fourth-order valence-electron chi connectivity index (χ4n) is 2.43. The molecule has 1 aliphatic heterocycles. The molecule has 1 aliphatic carbocycles. The molecule has 0 radical (unpaired) electrons. The molecule has 3 N–H and O–H groups in total. The van der Waals surface area contributed by atoms with Crippen molar-refractivity contribution in [3.05, 3.63) is 0 Å². The number of hydrogen-bond donors (Lipinski definition) is 3. The molecule has 3 atom stereocenters. The lowest BCUT2D eigenvalue weighted by molar-refractivity contribution is -0.124. The third kappa shape index (κ3) is 2.93. The summed E-state index contributed by atoms with van der Waals surface area (Å²) in [6, 6.07) is 0.219. The number of nitrogens with one attached hydrogen (secondary N) is 3. The van der Waals surface area contributed by atoms with Gasteiger partial charge in [-0.05, 0) is 19.3 Å². The van der Waals surface area contributed by atoms with Gasteiger partial charge >= 0.3 is 0 Å². The lowest BCUT2D eigenvalue weighted by Crippen LogP contribution is -2.56. The molecule has 0 bridgehead atoms. The molecule has 16 heavy (non-hydrogen) atoms. The summed E-state index contributed by atoms with van der Waals surface area (Å²) < 4.78 is 5.29. The second-order valence-electron chi connectivity index (χ2n) is 4.59. The molecule has 5 heteroatoms. The van der Waals surface area contributed by atoms with E-state index in [4.69, 9.17) is 4.74 Å². The summed E-state index contributed by atoms with van der Waals surface area (Å²) >= 11 is 0. The molecule has 1 saturated heterocycles. The van der Waals surface area contributed by atoms with Crippen molar-refractivity contribution in [1.82, 2.24) is 16.0 Å². The predicted molar refractivity (Wildman–Crippen MR) is 61.2 cm³/mol.